The molecule has 1 N–H and O–H groups in total. The van der Waals surface area contributed by atoms with Crippen LogP contribution in [0.3, 0.4) is 0 Å². The Balaban J connectivity index is 1.43. The van der Waals surface area contributed by atoms with Crippen LogP contribution in [0.4, 0.5) is 10.5 Å². The summed E-state index contributed by atoms with van der Waals surface area (Å²) in [5.41, 5.74) is 1.78. The molecule has 0 bridgehead atoms. The van der Waals surface area contributed by atoms with Crippen molar-refractivity contribution in [2.24, 2.45) is 0 Å². The highest BCUT2D eigenvalue weighted by molar-refractivity contribution is 7.74. The molecular weight excluding hydrogens is 514 g/mol. The number of halogens is 1. The van der Waals surface area contributed by atoms with Crippen LogP contribution in [0.15, 0.2) is 48.5 Å². The van der Waals surface area contributed by atoms with E-state index in [0.717, 1.165) is 16.8 Å². The Morgan fingerprint density at radius 3 is 2.35 bits per heavy atom. The van der Waals surface area contributed by atoms with E-state index >= 15 is 0 Å². The average Bonchev–Trinajstić information content (AvgIpc) is 3.14. The summed E-state index contributed by atoms with van der Waals surface area (Å²) >= 11 is 6.01. The quantitative estimate of drug-likeness (QED) is 0.531. The maximum atomic E-state index is 13.3. The van der Waals surface area contributed by atoms with Gasteiger partial charge < -0.3 is 15.0 Å². The minimum atomic E-state index is -2.73. The largest absolute Gasteiger partial charge is 0.444 e. The van der Waals surface area contributed by atoms with Crippen LogP contribution in [0.1, 0.15) is 51.2 Å². The third kappa shape index (κ3) is 6.57. The monoisotopic (exact) mass is 547 g/mol. The fourth-order valence-electron chi connectivity index (χ4n) is 5.25. The fourth-order valence-corrected chi connectivity index (χ4v) is 6.12. The number of nitrogens with one attached hydrogen (secondary N) is 1. The number of nitrogens with zero attached hydrogens (tertiary/aromatic N) is 2. The highest BCUT2D eigenvalue weighted by atomic mass is 35.5. The predicted molar refractivity (Wildman–Crippen MR) is 145 cm³/mol. The summed E-state index contributed by atoms with van der Waals surface area (Å²) in [6.45, 7) is 6.84. The second kappa shape index (κ2) is 10.9. The SMILES string of the molecule is CC(C)(C)OC(=O)N[C@H](CC(=O)N1CCC2(CC1)CN([SH](=O)=O)c1ccccc12)Cc1ccc(Cl)cc1. The molecule has 2 aliphatic heterocycles. The van der Waals surface area contributed by atoms with Crippen molar-refractivity contribution >= 4 is 40.2 Å². The lowest BCUT2D eigenvalue weighted by Gasteiger charge is -2.40. The van der Waals surface area contributed by atoms with Crippen molar-refractivity contribution in [3.8, 4) is 0 Å². The zero-order chi connectivity index (χ0) is 26.8. The van der Waals surface area contributed by atoms with Crippen LogP contribution in [0.5, 0.6) is 0 Å². The zero-order valence-electron chi connectivity index (χ0n) is 21.4. The summed E-state index contributed by atoms with van der Waals surface area (Å²) < 4.78 is 30.6. The molecule has 2 amide bonds. The van der Waals surface area contributed by atoms with Crippen molar-refractivity contribution in [1.82, 2.24) is 10.2 Å². The first-order valence-corrected chi connectivity index (χ1v) is 14.0. The van der Waals surface area contributed by atoms with Crippen LogP contribution in [0.25, 0.3) is 0 Å². The van der Waals surface area contributed by atoms with E-state index in [0.29, 0.717) is 43.9 Å². The topological polar surface area (TPSA) is 96.0 Å². The molecule has 1 spiro atoms. The van der Waals surface area contributed by atoms with Gasteiger partial charge >= 0.3 is 6.09 Å². The summed E-state index contributed by atoms with van der Waals surface area (Å²) in [7, 11) is -2.73. The van der Waals surface area contributed by atoms with Gasteiger partial charge in [0, 0.05) is 42.5 Å². The average molecular weight is 548 g/mol. The Bertz CT molecular complexity index is 1210. The highest BCUT2D eigenvalue weighted by Crippen LogP contribution is 2.47. The molecule has 0 unspecified atom stereocenters. The van der Waals surface area contributed by atoms with Crippen LogP contribution >= 0.6 is 11.6 Å². The van der Waals surface area contributed by atoms with Gasteiger partial charge in [0.2, 0.25) is 16.8 Å². The van der Waals surface area contributed by atoms with Crippen LogP contribution in [0.2, 0.25) is 5.02 Å². The van der Waals surface area contributed by atoms with Crippen LogP contribution in [0, 0.1) is 0 Å². The van der Waals surface area contributed by atoms with E-state index in [1.54, 1.807) is 32.9 Å². The summed E-state index contributed by atoms with van der Waals surface area (Å²) in [5, 5.41) is 3.49. The van der Waals surface area contributed by atoms with Crippen molar-refractivity contribution in [2.45, 2.75) is 63.5 Å². The number of ether oxygens (including phenoxy) is 1. The summed E-state index contributed by atoms with van der Waals surface area (Å²) in [5.74, 6) is -0.0529. The van der Waals surface area contributed by atoms with E-state index in [-0.39, 0.29) is 17.7 Å². The van der Waals surface area contributed by atoms with Crippen LogP contribution in [-0.2, 0) is 32.3 Å². The molecule has 0 radical (unpaired) electrons. The molecule has 2 aliphatic rings. The van der Waals surface area contributed by atoms with Gasteiger partial charge in [0.05, 0.1) is 5.69 Å². The maximum Gasteiger partial charge on any atom is 0.407 e. The van der Waals surface area contributed by atoms with Gasteiger partial charge in [0.25, 0.3) is 0 Å². The fraction of sp³-hybridized carbons (Fsp3) is 0.481. The van der Waals surface area contributed by atoms with Gasteiger partial charge in [-0.2, -0.15) is 0 Å². The number of thiol groups is 1. The molecule has 37 heavy (non-hydrogen) atoms. The lowest BCUT2D eigenvalue weighted by atomic mass is 9.74. The van der Waals surface area contributed by atoms with Crippen molar-refractivity contribution in [3.05, 3.63) is 64.7 Å². The van der Waals surface area contributed by atoms with Crippen LogP contribution in [-0.4, -0.2) is 56.6 Å². The van der Waals surface area contributed by atoms with Crippen molar-refractivity contribution < 1.29 is 22.7 Å². The minimum Gasteiger partial charge on any atom is -0.444 e. The van der Waals surface area contributed by atoms with Gasteiger partial charge in [0.1, 0.15) is 5.60 Å². The summed E-state index contributed by atoms with van der Waals surface area (Å²) in [4.78, 5) is 27.7. The van der Waals surface area contributed by atoms with Crippen molar-refractivity contribution in [1.29, 1.82) is 0 Å². The smallest absolute Gasteiger partial charge is 0.407 e. The Morgan fingerprint density at radius 1 is 1.08 bits per heavy atom. The zero-order valence-corrected chi connectivity index (χ0v) is 23.1. The molecular formula is C27H34ClN3O5S. The minimum absolute atomic E-state index is 0.0529. The highest BCUT2D eigenvalue weighted by Gasteiger charge is 2.46. The molecule has 1 fully saturated rings. The number of benzene rings is 2. The first-order valence-electron chi connectivity index (χ1n) is 12.5. The lowest BCUT2D eigenvalue weighted by molar-refractivity contribution is -0.133. The summed E-state index contributed by atoms with van der Waals surface area (Å²) in [6, 6.07) is 14.5. The predicted octanol–water partition coefficient (Wildman–Crippen LogP) is 4.07. The van der Waals surface area contributed by atoms with E-state index in [4.69, 9.17) is 16.3 Å². The van der Waals surface area contributed by atoms with E-state index < -0.39 is 28.6 Å². The van der Waals surface area contributed by atoms with Crippen LogP contribution < -0.4 is 9.62 Å². The molecule has 2 heterocycles. The van der Waals surface area contributed by atoms with E-state index in [1.165, 1.54) is 4.31 Å². The molecule has 200 valence electrons. The first-order chi connectivity index (χ1) is 17.5. The maximum absolute atomic E-state index is 13.3. The number of hydrogen-bond acceptors (Lipinski definition) is 5. The van der Waals surface area contributed by atoms with Gasteiger partial charge in [-0.1, -0.05) is 41.9 Å². The van der Waals surface area contributed by atoms with Gasteiger partial charge in [-0.3, -0.25) is 9.10 Å². The number of hydrogen-bond donors (Lipinski definition) is 2. The number of fused-ring (bicyclic) bond motifs is 2. The number of anilines is 1. The van der Waals surface area contributed by atoms with Crippen molar-refractivity contribution in [2.75, 3.05) is 23.9 Å². The third-order valence-electron chi connectivity index (χ3n) is 7.01. The van der Waals surface area contributed by atoms with Gasteiger partial charge in [0.15, 0.2) is 0 Å². The number of amides is 2. The molecule has 10 heteroatoms. The molecule has 1 atom stereocenters. The molecule has 0 saturated carbocycles. The van der Waals surface area contributed by atoms with E-state index in [2.05, 4.69) is 5.32 Å². The third-order valence-corrected chi connectivity index (χ3v) is 8.02. The number of piperidine rings is 1. The van der Waals surface area contributed by atoms with Gasteiger partial charge in [-0.05, 0) is 69.4 Å². The summed E-state index contributed by atoms with van der Waals surface area (Å²) in [6.07, 6.45) is 1.38. The molecule has 8 nitrogen and oxygen atoms in total. The molecule has 0 aliphatic carbocycles. The Morgan fingerprint density at radius 2 is 1.73 bits per heavy atom. The number of likely N-dealkylation sites (tertiary alicyclic amines) is 1. The molecule has 2 aromatic carbocycles. The van der Waals surface area contributed by atoms with Crippen molar-refractivity contribution in [3.63, 3.8) is 0 Å². The lowest BCUT2D eigenvalue weighted by Crippen LogP contribution is -2.49. The second-order valence-electron chi connectivity index (χ2n) is 10.9. The standard InChI is InChI=1S/C27H34ClN3O5S/c1-26(2,3)36-25(33)29-21(16-19-8-10-20(28)11-9-19)17-24(32)30-14-12-27(13-15-30)18-31(37(34)35)23-7-5-4-6-22(23)27/h4-11,21,37H,12-18H2,1-3H3,(H,29,33)/t21-/m0/s1. The van der Waals surface area contributed by atoms with Gasteiger partial charge in [-0.25, -0.2) is 13.2 Å². The molecule has 0 aromatic heterocycles. The first kappa shape index (κ1) is 27.3. The number of para-hydroxylation sites is 1. The number of rotatable bonds is 6. The molecule has 2 aromatic rings. The van der Waals surface area contributed by atoms with E-state index in [9.17, 15) is 18.0 Å². The normalized spacial score (nSPS) is 17.5. The Labute approximate surface area is 225 Å². The number of carbonyl (C=O) groups is 2. The Hall–Kier alpha value is -2.78. The Kier molecular flexibility index (Phi) is 8.04. The molecule has 1 saturated heterocycles. The van der Waals surface area contributed by atoms with E-state index in [1.807, 2.05) is 41.3 Å². The van der Waals surface area contributed by atoms with Gasteiger partial charge in [-0.15, -0.1) is 0 Å². The second-order valence-corrected chi connectivity index (χ2v) is 12.2. The number of alkyl carbamates (subject to hydrolysis) is 1. The molecule has 4 rings (SSSR count). The number of carbonyl (C=O) groups excluding carboxylic acids is 2.